The molecule has 0 saturated heterocycles. The number of furan rings is 1. The smallest absolute Gasteiger partial charge is 0.136 e. The Hall–Kier alpha value is -6.23. The summed E-state index contributed by atoms with van der Waals surface area (Å²) < 4.78 is 6.31. The number of nitrogens with zero attached hydrogens (tertiary/aromatic N) is 1. The average molecular weight is 630 g/mol. The van der Waals surface area contributed by atoms with Gasteiger partial charge in [0.15, 0.2) is 0 Å². The Kier molecular flexibility index (Phi) is 6.36. The Morgan fingerprint density at radius 3 is 2.00 bits per heavy atom. The zero-order chi connectivity index (χ0) is 32.3. The van der Waals surface area contributed by atoms with E-state index < -0.39 is 0 Å². The first kappa shape index (κ1) is 27.8. The highest BCUT2D eigenvalue weighted by Crippen LogP contribution is 2.39. The van der Waals surface area contributed by atoms with Gasteiger partial charge in [-0.3, -0.25) is 5.32 Å². The third-order valence-electron chi connectivity index (χ3n) is 9.94. The molecule has 0 fully saturated rings. The van der Waals surface area contributed by atoms with E-state index in [9.17, 15) is 0 Å². The minimum atomic E-state index is -0.283. The summed E-state index contributed by atoms with van der Waals surface area (Å²) in [5.74, 6) is 0.847. The first-order chi connectivity index (χ1) is 24.3. The van der Waals surface area contributed by atoms with E-state index >= 15 is 0 Å². The molecule has 2 heterocycles. The maximum atomic E-state index is 6.31. The second kappa shape index (κ2) is 11.2. The Bertz CT molecular complexity index is 2760. The van der Waals surface area contributed by atoms with Gasteiger partial charge in [0.1, 0.15) is 29.3 Å². The molecule has 0 bridgehead atoms. The van der Waals surface area contributed by atoms with Crippen LogP contribution in [0.4, 0.5) is 0 Å². The fraction of sp³-hybridized carbons (Fsp3) is 0.0444. The van der Waals surface area contributed by atoms with Gasteiger partial charge in [-0.05, 0) is 78.8 Å². The molecule has 1 aliphatic heterocycles. The molecule has 1 aliphatic rings. The Balaban J connectivity index is 1.18. The van der Waals surface area contributed by atoms with Gasteiger partial charge >= 0.3 is 0 Å². The summed E-state index contributed by atoms with van der Waals surface area (Å²) in [5.41, 5.74) is 7.34. The predicted octanol–water partition coefficient (Wildman–Crippen LogP) is 11.0. The van der Waals surface area contributed by atoms with Crippen molar-refractivity contribution in [3.63, 3.8) is 0 Å². The largest absolute Gasteiger partial charge is 0.456 e. The van der Waals surface area contributed by atoms with E-state index in [0.717, 1.165) is 50.0 Å². The van der Waals surface area contributed by atoms with Gasteiger partial charge in [0, 0.05) is 16.3 Å². The van der Waals surface area contributed by atoms with Crippen LogP contribution in [0.3, 0.4) is 0 Å². The van der Waals surface area contributed by atoms with Gasteiger partial charge in [-0.2, -0.15) is 0 Å². The number of hydrogen-bond donors (Lipinski definition) is 2. The van der Waals surface area contributed by atoms with Crippen LogP contribution in [0.15, 0.2) is 173 Å². The van der Waals surface area contributed by atoms with Crippen LogP contribution in [-0.2, 0) is 0 Å². The van der Waals surface area contributed by atoms with Gasteiger partial charge in [-0.15, -0.1) is 0 Å². The van der Waals surface area contributed by atoms with Crippen molar-refractivity contribution < 1.29 is 4.42 Å². The van der Waals surface area contributed by atoms with Crippen LogP contribution in [0.25, 0.3) is 65.4 Å². The molecule has 2 N–H and O–H groups in total. The Labute approximate surface area is 283 Å². The summed E-state index contributed by atoms with van der Waals surface area (Å²) in [6.07, 6.45) is -0.494. The minimum absolute atomic E-state index is 0.211. The molecule has 49 heavy (non-hydrogen) atoms. The molecule has 232 valence electrons. The second-order valence-electron chi connectivity index (χ2n) is 12.8. The van der Waals surface area contributed by atoms with Gasteiger partial charge in [-0.1, -0.05) is 140 Å². The standard InChI is InChI=1S/C45H31N3O/c1-2-13-29-26-31(25-24-28(29)12-1)43-46-44(48-45(47-43)39-27-30-14-3-4-15-32(30)33-16-5-6-17-34(33)39)37-19-8-7-18-35(37)36-21-11-23-41-42(36)38-20-9-10-22-40(38)49-41/h1-27,43,45,47H,(H,46,48). The molecule has 1 aromatic heterocycles. The lowest BCUT2D eigenvalue weighted by atomic mass is 9.93. The number of nitrogens with one attached hydrogen (secondary N) is 2. The Morgan fingerprint density at radius 1 is 0.469 bits per heavy atom. The summed E-state index contributed by atoms with van der Waals surface area (Å²) in [7, 11) is 0. The highest BCUT2D eigenvalue weighted by molar-refractivity contribution is 6.16. The second-order valence-corrected chi connectivity index (χ2v) is 12.8. The molecule has 8 aromatic carbocycles. The van der Waals surface area contributed by atoms with Crippen LogP contribution in [-0.4, -0.2) is 5.84 Å². The molecule has 0 spiro atoms. The van der Waals surface area contributed by atoms with Crippen molar-refractivity contribution in [2.75, 3.05) is 0 Å². The summed E-state index contributed by atoms with van der Waals surface area (Å²) in [6.45, 7) is 0. The number of rotatable bonds is 4. The summed E-state index contributed by atoms with van der Waals surface area (Å²) in [4.78, 5) is 5.43. The summed E-state index contributed by atoms with van der Waals surface area (Å²) >= 11 is 0. The number of aliphatic imine (C=N–C) groups is 1. The van der Waals surface area contributed by atoms with Crippen molar-refractivity contribution in [3.8, 4) is 11.1 Å². The monoisotopic (exact) mass is 629 g/mol. The lowest BCUT2D eigenvalue weighted by molar-refractivity contribution is 0.411. The van der Waals surface area contributed by atoms with Crippen LogP contribution in [0.1, 0.15) is 29.0 Å². The number of hydrogen-bond acceptors (Lipinski definition) is 4. The maximum absolute atomic E-state index is 6.31. The van der Waals surface area contributed by atoms with Crippen LogP contribution < -0.4 is 10.6 Å². The third-order valence-corrected chi connectivity index (χ3v) is 9.94. The topological polar surface area (TPSA) is 49.6 Å². The van der Waals surface area contributed by atoms with Crippen molar-refractivity contribution in [2.45, 2.75) is 12.3 Å². The first-order valence-corrected chi connectivity index (χ1v) is 16.8. The van der Waals surface area contributed by atoms with Crippen LogP contribution in [0.2, 0.25) is 0 Å². The number of benzene rings is 8. The molecule has 2 unspecified atom stereocenters. The summed E-state index contributed by atoms with van der Waals surface area (Å²) in [5, 5.41) is 17.3. The van der Waals surface area contributed by atoms with E-state index in [1.54, 1.807) is 0 Å². The maximum Gasteiger partial charge on any atom is 0.136 e. The van der Waals surface area contributed by atoms with Crippen LogP contribution >= 0.6 is 0 Å². The zero-order valence-corrected chi connectivity index (χ0v) is 26.6. The predicted molar refractivity (Wildman–Crippen MR) is 203 cm³/mol. The molecule has 9 aromatic rings. The minimum Gasteiger partial charge on any atom is -0.456 e. The Morgan fingerprint density at radius 2 is 1.12 bits per heavy atom. The molecule has 0 amide bonds. The van der Waals surface area contributed by atoms with Crippen molar-refractivity contribution in [2.24, 2.45) is 4.99 Å². The zero-order valence-electron chi connectivity index (χ0n) is 26.6. The fourth-order valence-electron chi connectivity index (χ4n) is 7.65. The van der Waals surface area contributed by atoms with Crippen molar-refractivity contribution in [1.82, 2.24) is 10.6 Å². The van der Waals surface area contributed by atoms with Gasteiger partial charge in [-0.25, -0.2) is 4.99 Å². The molecule has 2 atom stereocenters. The molecule has 4 nitrogen and oxygen atoms in total. The average Bonchev–Trinajstić information content (AvgIpc) is 3.56. The first-order valence-electron chi connectivity index (χ1n) is 16.8. The number of fused-ring (bicyclic) bond motifs is 7. The van der Waals surface area contributed by atoms with E-state index in [4.69, 9.17) is 9.41 Å². The van der Waals surface area contributed by atoms with Gasteiger partial charge in [0.25, 0.3) is 0 Å². The normalized spacial score (nSPS) is 16.4. The lowest BCUT2D eigenvalue weighted by Gasteiger charge is -2.33. The van der Waals surface area contributed by atoms with Gasteiger partial charge in [0.05, 0.1) is 0 Å². The molecule has 10 rings (SSSR count). The summed E-state index contributed by atoms with van der Waals surface area (Å²) in [6, 6.07) is 58.1. The molecular formula is C45H31N3O. The van der Waals surface area contributed by atoms with Gasteiger partial charge < -0.3 is 9.73 Å². The molecule has 0 radical (unpaired) electrons. The SMILES string of the molecule is c1ccc(-c2cccc3oc4ccccc4c23)c(C2=NC(c3ccc4ccccc4c3)NC(c3cc4ccccc4c4ccccc34)N2)c1. The van der Waals surface area contributed by atoms with Crippen molar-refractivity contribution in [3.05, 3.63) is 180 Å². The van der Waals surface area contributed by atoms with E-state index in [2.05, 4.69) is 162 Å². The van der Waals surface area contributed by atoms with E-state index in [0.29, 0.717) is 0 Å². The van der Waals surface area contributed by atoms with Crippen LogP contribution in [0.5, 0.6) is 0 Å². The quantitative estimate of drug-likeness (QED) is 0.190. The van der Waals surface area contributed by atoms with Crippen LogP contribution in [0, 0.1) is 0 Å². The van der Waals surface area contributed by atoms with Crippen molar-refractivity contribution in [1.29, 1.82) is 0 Å². The number of amidine groups is 1. The molecular weight excluding hydrogens is 599 g/mol. The van der Waals surface area contributed by atoms with Crippen molar-refractivity contribution >= 4 is 60.1 Å². The highest BCUT2D eigenvalue weighted by atomic mass is 16.3. The van der Waals surface area contributed by atoms with E-state index in [-0.39, 0.29) is 12.3 Å². The highest BCUT2D eigenvalue weighted by Gasteiger charge is 2.29. The third kappa shape index (κ3) is 4.61. The molecule has 4 heteroatoms. The van der Waals surface area contributed by atoms with E-state index in [1.165, 1.54) is 37.9 Å². The fourth-order valence-corrected chi connectivity index (χ4v) is 7.65. The molecule has 0 saturated carbocycles. The molecule has 0 aliphatic carbocycles. The number of para-hydroxylation sites is 1. The lowest BCUT2D eigenvalue weighted by Crippen LogP contribution is -2.45. The van der Waals surface area contributed by atoms with Gasteiger partial charge in [0.2, 0.25) is 0 Å². The van der Waals surface area contributed by atoms with E-state index in [1.807, 2.05) is 12.1 Å².